The van der Waals surface area contributed by atoms with Gasteiger partial charge in [-0.15, -0.1) is 0 Å². The molecule has 9 aromatic carbocycles. The average molecular weight is 743 g/mol. The molecule has 0 bridgehead atoms. The minimum atomic E-state index is -2.73. The first-order valence-corrected chi connectivity index (χ1v) is 21.7. The van der Waals surface area contributed by atoms with Gasteiger partial charge >= 0.3 is 0 Å². The molecule has 57 heavy (non-hydrogen) atoms. The number of hydrogen-bond donors (Lipinski definition) is 0. The molecule has 2 heterocycles. The largest absolute Gasteiger partial charge is 0.309 e. The van der Waals surface area contributed by atoms with Crippen LogP contribution in [0.25, 0.3) is 66.1 Å². The van der Waals surface area contributed by atoms with Gasteiger partial charge in [-0.2, -0.15) is 0 Å². The summed E-state index contributed by atoms with van der Waals surface area (Å²) in [5.41, 5.74) is 9.52. The van der Waals surface area contributed by atoms with Crippen LogP contribution in [0.1, 0.15) is 0 Å². The second-order valence-corrected chi connectivity index (χ2v) is 18.7. The Morgan fingerprint density at radius 2 is 0.825 bits per heavy atom. The summed E-state index contributed by atoms with van der Waals surface area (Å²) in [4.78, 5) is 0. The van der Waals surface area contributed by atoms with Crippen molar-refractivity contribution in [1.29, 1.82) is 0 Å². The predicted octanol–water partition coefficient (Wildman–Crippen LogP) is 10.9. The molecule has 0 radical (unpaired) electrons. The van der Waals surface area contributed by atoms with Crippen LogP contribution < -0.4 is 20.7 Å². The van der Waals surface area contributed by atoms with Crippen molar-refractivity contribution in [2.75, 3.05) is 0 Å². The minimum absolute atomic E-state index is 1.15. The van der Waals surface area contributed by atoms with Crippen LogP contribution in [-0.2, 0) is 0 Å². The fourth-order valence-electron chi connectivity index (χ4n) is 9.43. The Balaban J connectivity index is 1.22. The van der Waals surface area contributed by atoms with Gasteiger partial charge in [0.05, 0.1) is 27.8 Å². The smallest absolute Gasteiger partial charge is 0.179 e. The Hall–Kier alpha value is -7.20. The lowest BCUT2D eigenvalue weighted by molar-refractivity contribution is 1.17. The van der Waals surface area contributed by atoms with Crippen LogP contribution in [0.4, 0.5) is 0 Å². The van der Waals surface area contributed by atoms with E-state index in [1.54, 1.807) is 0 Å². The molecule has 0 amide bonds. The SMILES string of the molecule is c1ccc(-c2ccc3c4c(-n5c6ccccc6c6cc([Si](c7ccccc7)(c7ccccc7)c7ccccc7)ccc65)cccc4n(-c4ccccc4)c3c2)cc1. The van der Waals surface area contributed by atoms with E-state index in [2.05, 4.69) is 240 Å². The van der Waals surface area contributed by atoms with E-state index in [-0.39, 0.29) is 0 Å². The van der Waals surface area contributed by atoms with E-state index in [9.17, 15) is 0 Å². The highest BCUT2D eigenvalue weighted by Crippen LogP contribution is 2.41. The zero-order valence-electron chi connectivity index (χ0n) is 31.3. The molecule has 0 spiro atoms. The number of aromatic nitrogens is 2. The van der Waals surface area contributed by atoms with E-state index in [0.717, 1.165) is 5.69 Å². The topological polar surface area (TPSA) is 9.86 Å². The van der Waals surface area contributed by atoms with Crippen molar-refractivity contribution in [3.8, 4) is 22.5 Å². The zero-order valence-corrected chi connectivity index (χ0v) is 32.3. The third-order valence-electron chi connectivity index (χ3n) is 11.9. The van der Waals surface area contributed by atoms with E-state index in [4.69, 9.17) is 0 Å². The molecule has 11 aromatic rings. The molecule has 0 unspecified atom stereocenters. The van der Waals surface area contributed by atoms with E-state index in [1.807, 2.05) is 0 Å². The lowest BCUT2D eigenvalue weighted by Gasteiger charge is -2.34. The molecule has 0 saturated carbocycles. The number of para-hydroxylation sites is 2. The molecule has 0 fully saturated rings. The highest BCUT2D eigenvalue weighted by Gasteiger charge is 2.41. The number of rotatable bonds is 7. The van der Waals surface area contributed by atoms with Crippen LogP contribution in [-0.4, -0.2) is 17.2 Å². The van der Waals surface area contributed by atoms with Crippen molar-refractivity contribution < 1.29 is 0 Å². The van der Waals surface area contributed by atoms with Gasteiger partial charge < -0.3 is 9.13 Å². The molecule has 2 nitrogen and oxygen atoms in total. The summed E-state index contributed by atoms with van der Waals surface area (Å²) in [5.74, 6) is 0. The van der Waals surface area contributed by atoms with Gasteiger partial charge in [0.25, 0.3) is 0 Å². The molecule has 0 saturated heterocycles. The second kappa shape index (κ2) is 13.5. The van der Waals surface area contributed by atoms with Gasteiger partial charge in [0.15, 0.2) is 8.07 Å². The highest BCUT2D eigenvalue weighted by molar-refractivity contribution is 7.20. The van der Waals surface area contributed by atoms with Crippen molar-refractivity contribution in [1.82, 2.24) is 9.13 Å². The van der Waals surface area contributed by atoms with Crippen molar-refractivity contribution in [2.45, 2.75) is 0 Å². The van der Waals surface area contributed by atoms with Crippen molar-refractivity contribution in [3.05, 3.63) is 231 Å². The van der Waals surface area contributed by atoms with E-state index in [1.165, 1.54) is 81.2 Å². The van der Waals surface area contributed by atoms with Gasteiger partial charge in [-0.3, -0.25) is 0 Å². The normalized spacial score (nSPS) is 11.9. The highest BCUT2D eigenvalue weighted by atomic mass is 28.3. The number of fused-ring (bicyclic) bond motifs is 6. The molecular weight excluding hydrogens is 705 g/mol. The van der Waals surface area contributed by atoms with Crippen molar-refractivity contribution in [2.24, 2.45) is 0 Å². The number of benzene rings is 9. The molecule has 0 aliphatic carbocycles. The fraction of sp³-hybridized carbons (Fsp3) is 0. The molecule has 0 atom stereocenters. The molecule has 0 N–H and O–H groups in total. The van der Waals surface area contributed by atoms with Crippen molar-refractivity contribution >= 4 is 72.4 Å². The maximum absolute atomic E-state index is 2.73. The summed E-state index contributed by atoms with van der Waals surface area (Å²) >= 11 is 0. The molecule has 2 aromatic heterocycles. The lowest BCUT2D eigenvalue weighted by atomic mass is 10.0. The second-order valence-electron chi connectivity index (χ2n) is 14.9. The predicted molar refractivity (Wildman–Crippen MR) is 244 cm³/mol. The first-order chi connectivity index (χ1) is 28.3. The maximum atomic E-state index is 2.52. The lowest BCUT2D eigenvalue weighted by Crippen LogP contribution is -2.74. The molecule has 11 rings (SSSR count). The molecule has 268 valence electrons. The summed E-state index contributed by atoms with van der Waals surface area (Å²) in [6.07, 6.45) is 0. The standard InChI is InChI=1S/C54H38N2Si/c1-6-19-39(20-7-1)40-33-35-47-53(37-40)55(41-21-8-2-9-22-41)51-31-18-32-52(54(47)51)56-49-30-17-16-29-46(49)48-38-45(34-36-50(48)56)57(42-23-10-3-11-24-42,43-25-12-4-13-26-43)44-27-14-5-15-28-44/h1-38H. The Morgan fingerprint density at radius 3 is 1.47 bits per heavy atom. The van der Waals surface area contributed by atoms with Crippen LogP contribution in [0.15, 0.2) is 231 Å². The van der Waals surface area contributed by atoms with Crippen LogP contribution in [0.3, 0.4) is 0 Å². The average Bonchev–Trinajstić information content (AvgIpc) is 3.81. The third kappa shape index (κ3) is 5.17. The number of nitrogens with zero attached hydrogens (tertiary/aromatic N) is 2. The summed E-state index contributed by atoms with van der Waals surface area (Å²) in [6.45, 7) is 0. The van der Waals surface area contributed by atoms with Crippen LogP contribution in [0, 0.1) is 0 Å². The van der Waals surface area contributed by atoms with Gasteiger partial charge in [0, 0.05) is 27.2 Å². The molecule has 0 aliphatic rings. The molecule has 3 heteroatoms. The fourth-order valence-corrected chi connectivity index (χ4v) is 14.2. The monoisotopic (exact) mass is 742 g/mol. The van der Waals surface area contributed by atoms with E-state index in [0.29, 0.717) is 0 Å². The van der Waals surface area contributed by atoms with E-state index < -0.39 is 8.07 Å². The van der Waals surface area contributed by atoms with Crippen molar-refractivity contribution in [3.63, 3.8) is 0 Å². The van der Waals surface area contributed by atoms with Gasteiger partial charge in [-0.1, -0.05) is 188 Å². The summed E-state index contributed by atoms with van der Waals surface area (Å²) in [6, 6.07) is 85.2. The van der Waals surface area contributed by atoms with Crippen LogP contribution >= 0.6 is 0 Å². The van der Waals surface area contributed by atoms with E-state index >= 15 is 0 Å². The quantitative estimate of drug-likeness (QED) is 0.114. The first kappa shape index (κ1) is 33.2. The van der Waals surface area contributed by atoms with Gasteiger partial charge in [0.2, 0.25) is 0 Å². The summed E-state index contributed by atoms with van der Waals surface area (Å²) in [5, 5.41) is 10.5. The first-order valence-electron chi connectivity index (χ1n) is 19.7. The van der Waals surface area contributed by atoms with Crippen LogP contribution in [0.5, 0.6) is 0 Å². The minimum Gasteiger partial charge on any atom is -0.309 e. The van der Waals surface area contributed by atoms with Gasteiger partial charge in [0.1, 0.15) is 0 Å². The maximum Gasteiger partial charge on any atom is 0.179 e. The zero-order chi connectivity index (χ0) is 37.8. The van der Waals surface area contributed by atoms with Gasteiger partial charge in [-0.25, -0.2) is 0 Å². The Morgan fingerprint density at radius 1 is 0.281 bits per heavy atom. The number of hydrogen-bond acceptors (Lipinski definition) is 0. The Bertz CT molecular complexity index is 3110. The summed E-state index contributed by atoms with van der Waals surface area (Å²) < 4.78 is 4.94. The third-order valence-corrected chi connectivity index (χ3v) is 16.6. The van der Waals surface area contributed by atoms with Crippen LogP contribution in [0.2, 0.25) is 0 Å². The Kier molecular flexibility index (Phi) is 7.87. The molecule has 0 aliphatic heterocycles. The molecular formula is C54H38N2Si. The van der Waals surface area contributed by atoms with Gasteiger partial charge in [-0.05, 0) is 74.3 Å². The Labute approximate surface area is 333 Å². The summed E-state index contributed by atoms with van der Waals surface area (Å²) in [7, 11) is -2.73.